The summed E-state index contributed by atoms with van der Waals surface area (Å²) in [6, 6.07) is -0.287. The van der Waals surface area contributed by atoms with Gasteiger partial charge in [-0.25, -0.2) is 4.79 Å². The number of aliphatic hydroxyl groups excluding tert-OH is 1. The summed E-state index contributed by atoms with van der Waals surface area (Å²) in [5.74, 6) is -0.137. The van der Waals surface area contributed by atoms with Gasteiger partial charge < -0.3 is 10.0 Å². The van der Waals surface area contributed by atoms with E-state index in [1.165, 1.54) is 0 Å². The summed E-state index contributed by atoms with van der Waals surface area (Å²) < 4.78 is 0. The Labute approximate surface area is 101 Å². The van der Waals surface area contributed by atoms with E-state index < -0.39 is 5.54 Å². The zero-order valence-corrected chi connectivity index (χ0v) is 10.1. The van der Waals surface area contributed by atoms with E-state index in [0.29, 0.717) is 13.0 Å². The Bertz CT molecular complexity index is 309. The molecule has 0 bridgehead atoms. The summed E-state index contributed by atoms with van der Waals surface area (Å²) in [6.07, 6.45) is 6.31. The number of carbonyl (C=O) groups is 2. The molecule has 5 heteroatoms. The minimum Gasteiger partial charge on any atom is -0.396 e. The molecular formula is C12H20N2O3. The molecule has 5 nitrogen and oxygen atoms in total. The molecule has 1 saturated carbocycles. The lowest BCUT2D eigenvalue weighted by atomic mass is 9.88. The van der Waals surface area contributed by atoms with Crippen molar-refractivity contribution in [1.29, 1.82) is 0 Å². The Kier molecular flexibility index (Phi) is 3.66. The van der Waals surface area contributed by atoms with Gasteiger partial charge in [-0.15, -0.1) is 0 Å². The van der Waals surface area contributed by atoms with Gasteiger partial charge in [0.15, 0.2) is 0 Å². The van der Waals surface area contributed by atoms with Gasteiger partial charge in [0.2, 0.25) is 0 Å². The average molecular weight is 240 g/mol. The quantitative estimate of drug-likeness (QED) is 0.723. The number of aliphatic hydroxyl groups is 1. The van der Waals surface area contributed by atoms with Gasteiger partial charge in [0, 0.05) is 13.2 Å². The van der Waals surface area contributed by atoms with E-state index in [9.17, 15) is 9.59 Å². The lowest BCUT2D eigenvalue weighted by molar-refractivity contribution is -0.127. The van der Waals surface area contributed by atoms with E-state index in [1.54, 1.807) is 4.90 Å². The van der Waals surface area contributed by atoms with Crippen molar-refractivity contribution in [2.45, 2.75) is 50.5 Å². The van der Waals surface area contributed by atoms with Crippen LogP contribution in [-0.4, -0.2) is 40.6 Å². The Hall–Kier alpha value is -1.10. The topological polar surface area (TPSA) is 69.6 Å². The molecular weight excluding hydrogens is 220 g/mol. The van der Waals surface area contributed by atoms with Crippen molar-refractivity contribution in [2.75, 3.05) is 13.2 Å². The first kappa shape index (κ1) is 12.4. The molecule has 0 aromatic carbocycles. The largest absolute Gasteiger partial charge is 0.396 e. The third-order valence-corrected chi connectivity index (χ3v) is 3.88. The maximum absolute atomic E-state index is 12.1. The summed E-state index contributed by atoms with van der Waals surface area (Å²) in [5.41, 5.74) is -0.622. The van der Waals surface area contributed by atoms with Crippen LogP contribution in [0.3, 0.4) is 0 Å². The molecule has 0 atom stereocenters. The first-order valence-corrected chi connectivity index (χ1v) is 6.45. The molecule has 96 valence electrons. The lowest BCUT2D eigenvalue weighted by Crippen LogP contribution is -2.49. The molecule has 17 heavy (non-hydrogen) atoms. The van der Waals surface area contributed by atoms with Crippen molar-refractivity contribution < 1.29 is 14.7 Å². The first-order chi connectivity index (χ1) is 8.20. The number of urea groups is 1. The van der Waals surface area contributed by atoms with E-state index in [2.05, 4.69) is 5.32 Å². The summed E-state index contributed by atoms with van der Waals surface area (Å²) in [4.78, 5) is 25.5. The Morgan fingerprint density at radius 1 is 1.18 bits per heavy atom. The molecule has 1 aliphatic carbocycles. The van der Waals surface area contributed by atoms with Gasteiger partial charge in [-0.1, -0.05) is 25.7 Å². The minimum absolute atomic E-state index is 0.0497. The van der Waals surface area contributed by atoms with Gasteiger partial charge in [-0.2, -0.15) is 0 Å². The van der Waals surface area contributed by atoms with Crippen LogP contribution >= 0.6 is 0 Å². The highest BCUT2D eigenvalue weighted by Gasteiger charge is 2.51. The smallest absolute Gasteiger partial charge is 0.325 e. The van der Waals surface area contributed by atoms with E-state index in [0.717, 1.165) is 38.5 Å². The highest BCUT2D eigenvalue weighted by Crippen LogP contribution is 2.36. The lowest BCUT2D eigenvalue weighted by Gasteiger charge is -2.34. The average Bonchev–Trinajstić information content (AvgIpc) is 2.50. The third kappa shape index (κ3) is 2.16. The molecule has 2 rings (SSSR count). The number of hydrogen-bond donors (Lipinski definition) is 2. The maximum Gasteiger partial charge on any atom is 0.325 e. The van der Waals surface area contributed by atoms with Crippen LogP contribution in [0.5, 0.6) is 0 Å². The molecule has 3 amide bonds. The van der Waals surface area contributed by atoms with Crippen LogP contribution in [0, 0.1) is 0 Å². The number of carbonyl (C=O) groups excluding carboxylic acids is 2. The van der Waals surface area contributed by atoms with E-state index in [4.69, 9.17) is 5.11 Å². The molecule has 2 aliphatic rings. The molecule has 1 heterocycles. The highest BCUT2D eigenvalue weighted by atomic mass is 16.3. The van der Waals surface area contributed by atoms with Crippen molar-refractivity contribution in [3.05, 3.63) is 0 Å². The molecule has 0 aromatic heterocycles. The van der Waals surface area contributed by atoms with Gasteiger partial charge in [-0.05, 0) is 19.3 Å². The third-order valence-electron chi connectivity index (χ3n) is 3.88. The number of imide groups is 1. The van der Waals surface area contributed by atoms with E-state index >= 15 is 0 Å². The number of hydrogen-bond acceptors (Lipinski definition) is 3. The second-order valence-corrected chi connectivity index (χ2v) is 4.93. The SMILES string of the molecule is O=C1NC(=O)C2(CCCCCC2)N1CCCO. The second-order valence-electron chi connectivity index (χ2n) is 4.93. The Morgan fingerprint density at radius 3 is 2.41 bits per heavy atom. The molecule has 0 radical (unpaired) electrons. The zero-order chi connectivity index (χ0) is 12.3. The van der Waals surface area contributed by atoms with Crippen LogP contribution in [0.15, 0.2) is 0 Å². The van der Waals surface area contributed by atoms with Crippen LogP contribution in [-0.2, 0) is 4.79 Å². The van der Waals surface area contributed by atoms with Gasteiger partial charge in [0.05, 0.1) is 0 Å². The molecule has 1 aliphatic heterocycles. The Morgan fingerprint density at radius 2 is 1.82 bits per heavy atom. The summed E-state index contributed by atoms with van der Waals surface area (Å²) >= 11 is 0. The van der Waals surface area contributed by atoms with E-state index in [1.807, 2.05) is 0 Å². The predicted octanol–water partition coefficient (Wildman–Crippen LogP) is 1.01. The Balaban J connectivity index is 2.19. The van der Waals surface area contributed by atoms with Crippen LogP contribution in [0.4, 0.5) is 4.79 Å². The molecule has 2 fully saturated rings. The van der Waals surface area contributed by atoms with E-state index in [-0.39, 0.29) is 18.5 Å². The van der Waals surface area contributed by atoms with Crippen LogP contribution < -0.4 is 5.32 Å². The monoisotopic (exact) mass is 240 g/mol. The van der Waals surface area contributed by atoms with Gasteiger partial charge >= 0.3 is 6.03 Å². The van der Waals surface area contributed by atoms with Crippen molar-refractivity contribution in [3.8, 4) is 0 Å². The predicted molar refractivity (Wildman–Crippen MR) is 62.4 cm³/mol. The molecule has 1 saturated heterocycles. The van der Waals surface area contributed by atoms with Gasteiger partial charge in [0.25, 0.3) is 5.91 Å². The number of nitrogens with zero attached hydrogens (tertiary/aromatic N) is 1. The molecule has 0 aromatic rings. The van der Waals surface area contributed by atoms with Crippen molar-refractivity contribution in [2.24, 2.45) is 0 Å². The standard InChI is InChI=1S/C12H20N2O3/c15-9-5-8-14-11(17)13-10(16)12(14)6-3-1-2-4-7-12/h15H,1-9H2,(H,13,16,17). The second kappa shape index (κ2) is 5.04. The van der Waals surface area contributed by atoms with Gasteiger partial charge in [0.1, 0.15) is 5.54 Å². The zero-order valence-electron chi connectivity index (χ0n) is 10.1. The van der Waals surface area contributed by atoms with Crippen molar-refractivity contribution in [1.82, 2.24) is 10.2 Å². The van der Waals surface area contributed by atoms with Gasteiger partial charge in [-0.3, -0.25) is 10.1 Å². The fraction of sp³-hybridized carbons (Fsp3) is 0.833. The van der Waals surface area contributed by atoms with Crippen LogP contribution in [0.2, 0.25) is 0 Å². The van der Waals surface area contributed by atoms with Crippen molar-refractivity contribution >= 4 is 11.9 Å². The first-order valence-electron chi connectivity index (χ1n) is 6.45. The summed E-state index contributed by atoms with van der Waals surface area (Å²) in [7, 11) is 0. The maximum atomic E-state index is 12.1. The molecule has 1 spiro atoms. The number of nitrogens with one attached hydrogen (secondary N) is 1. The number of rotatable bonds is 3. The van der Waals surface area contributed by atoms with Crippen molar-refractivity contribution in [3.63, 3.8) is 0 Å². The molecule has 0 unspecified atom stereocenters. The minimum atomic E-state index is -0.622. The summed E-state index contributed by atoms with van der Waals surface area (Å²) in [6.45, 7) is 0.516. The fourth-order valence-electron chi connectivity index (χ4n) is 2.95. The van der Waals surface area contributed by atoms with Crippen LogP contribution in [0.1, 0.15) is 44.9 Å². The number of amides is 3. The fourth-order valence-corrected chi connectivity index (χ4v) is 2.95. The molecule has 2 N–H and O–H groups in total. The van der Waals surface area contributed by atoms with Crippen LogP contribution in [0.25, 0.3) is 0 Å². The normalized spacial score (nSPS) is 23.9. The highest BCUT2D eigenvalue weighted by molar-refractivity contribution is 6.07. The summed E-state index contributed by atoms with van der Waals surface area (Å²) in [5, 5.41) is 11.3.